The first-order valence-electron chi connectivity index (χ1n) is 8.42. The molecule has 1 aromatic heterocycles. The van der Waals surface area contributed by atoms with Crippen LogP contribution in [0.2, 0.25) is 0 Å². The van der Waals surface area contributed by atoms with Gasteiger partial charge in [0.05, 0.1) is 6.20 Å². The maximum Gasteiger partial charge on any atom is 0.0522 e. The van der Waals surface area contributed by atoms with Gasteiger partial charge in [-0.05, 0) is 44.8 Å². The molecule has 21 heavy (non-hydrogen) atoms. The van der Waals surface area contributed by atoms with Gasteiger partial charge in [0, 0.05) is 24.3 Å². The van der Waals surface area contributed by atoms with Gasteiger partial charge in [0.25, 0.3) is 0 Å². The highest BCUT2D eigenvalue weighted by Gasteiger charge is 2.44. The van der Waals surface area contributed by atoms with Crippen LogP contribution in [0.15, 0.2) is 12.4 Å². The molecule has 0 bridgehead atoms. The van der Waals surface area contributed by atoms with Gasteiger partial charge < -0.3 is 0 Å². The second kappa shape index (κ2) is 7.38. The number of nitrogens with zero attached hydrogens (tertiary/aromatic N) is 3. The van der Waals surface area contributed by atoms with Crippen LogP contribution in [-0.4, -0.2) is 39.4 Å². The number of nitrogens with one attached hydrogen (secondary N) is 1. The predicted molar refractivity (Wildman–Crippen MR) is 86.8 cm³/mol. The van der Waals surface area contributed by atoms with Crippen molar-refractivity contribution in [1.29, 1.82) is 0 Å². The third kappa shape index (κ3) is 3.30. The average Bonchev–Trinajstić information content (AvgIpc) is 3.15. The smallest absolute Gasteiger partial charge is 0.0522 e. The van der Waals surface area contributed by atoms with E-state index < -0.39 is 0 Å². The maximum absolute atomic E-state index is 5.97. The molecule has 1 heterocycles. The Morgan fingerprint density at radius 1 is 1.33 bits per heavy atom. The second-order valence-electron chi connectivity index (χ2n) is 6.11. The van der Waals surface area contributed by atoms with Crippen molar-refractivity contribution >= 4 is 0 Å². The molecule has 1 aromatic rings. The van der Waals surface area contributed by atoms with Crippen LogP contribution >= 0.6 is 0 Å². The van der Waals surface area contributed by atoms with Gasteiger partial charge in [0.1, 0.15) is 0 Å². The molecule has 5 nitrogen and oxygen atoms in total. The lowest BCUT2D eigenvalue weighted by Crippen LogP contribution is -2.62. The van der Waals surface area contributed by atoms with E-state index in [1.54, 1.807) is 0 Å². The zero-order valence-electron chi connectivity index (χ0n) is 13.8. The molecule has 2 rings (SSSR count). The molecule has 1 fully saturated rings. The SMILES string of the molecule is CCN(CC)C1(C(Cc2cnn(CC)c2)NN)CCCC1. The van der Waals surface area contributed by atoms with Crippen LogP contribution in [0, 0.1) is 0 Å². The summed E-state index contributed by atoms with van der Waals surface area (Å²) in [5.41, 5.74) is 4.61. The van der Waals surface area contributed by atoms with E-state index >= 15 is 0 Å². The van der Waals surface area contributed by atoms with E-state index in [1.165, 1.54) is 31.2 Å². The van der Waals surface area contributed by atoms with E-state index in [0.29, 0.717) is 0 Å². The Morgan fingerprint density at radius 3 is 2.48 bits per heavy atom. The third-order valence-electron chi connectivity index (χ3n) is 5.16. The molecular weight excluding hydrogens is 262 g/mol. The highest BCUT2D eigenvalue weighted by Crippen LogP contribution is 2.38. The minimum absolute atomic E-state index is 0.201. The average molecular weight is 293 g/mol. The molecule has 1 saturated carbocycles. The molecule has 1 aliphatic carbocycles. The number of hydrogen-bond acceptors (Lipinski definition) is 4. The van der Waals surface area contributed by atoms with Crippen LogP contribution in [0.1, 0.15) is 52.0 Å². The Balaban J connectivity index is 2.19. The van der Waals surface area contributed by atoms with Crippen LogP contribution in [0.5, 0.6) is 0 Å². The molecule has 0 aromatic carbocycles. The molecular formula is C16H31N5. The van der Waals surface area contributed by atoms with E-state index in [1.807, 2.05) is 10.9 Å². The standard InChI is InChI=1S/C16H31N5/c1-4-20(5-2)16(9-7-8-10-16)15(19-17)11-14-12-18-21(6-3)13-14/h12-13,15,19H,4-11,17H2,1-3H3. The molecule has 5 heteroatoms. The lowest BCUT2D eigenvalue weighted by Gasteiger charge is -2.46. The zero-order valence-corrected chi connectivity index (χ0v) is 13.8. The summed E-state index contributed by atoms with van der Waals surface area (Å²) in [6, 6.07) is 0.286. The van der Waals surface area contributed by atoms with Crippen molar-refractivity contribution < 1.29 is 0 Å². The van der Waals surface area contributed by atoms with Crippen molar-refractivity contribution in [2.45, 2.75) is 71.0 Å². The molecule has 0 aliphatic heterocycles. The quantitative estimate of drug-likeness (QED) is 0.568. The minimum Gasteiger partial charge on any atom is -0.297 e. The summed E-state index contributed by atoms with van der Waals surface area (Å²) in [4.78, 5) is 2.61. The number of aryl methyl sites for hydroxylation is 1. The summed E-state index contributed by atoms with van der Waals surface area (Å²) < 4.78 is 1.99. The first-order chi connectivity index (χ1) is 10.2. The summed E-state index contributed by atoms with van der Waals surface area (Å²) in [5, 5.41) is 4.39. The molecule has 1 unspecified atom stereocenters. The van der Waals surface area contributed by atoms with Crippen LogP contribution < -0.4 is 11.3 Å². The topological polar surface area (TPSA) is 59.1 Å². The van der Waals surface area contributed by atoms with Crippen LogP contribution in [0.4, 0.5) is 0 Å². The Kier molecular flexibility index (Phi) is 5.79. The molecule has 0 spiro atoms. The molecule has 0 radical (unpaired) electrons. The van der Waals surface area contributed by atoms with Gasteiger partial charge in [-0.2, -0.15) is 5.10 Å². The van der Waals surface area contributed by atoms with Gasteiger partial charge in [-0.3, -0.25) is 20.9 Å². The summed E-state index contributed by atoms with van der Waals surface area (Å²) in [7, 11) is 0. The first kappa shape index (κ1) is 16.5. The van der Waals surface area contributed by atoms with Crippen molar-refractivity contribution in [3.05, 3.63) is 18.0 Å². The number of nitrogens with two attached hydrogens (primary N) is 1. The summed E-state index contributed by atoms with van der Waals surface area (Å²) >= 11 is 0. The first-order valence-corrected chi connectivity index (χ1v) is 8.42. The third-order valence-corrected chi connectivity index (χ3v) is 5.16. The second-order valence-corrected chi connectivity index (χ2v) is 6.11. The van der Waals surface area contributed by atoms with Crippen molar-refractivity contribution in [2.75, 3.05) is 13.1 Å². The monoisotopic (exact) mass is 293 g/mol. The highest BCUT2D eigenvalue weighted by molar-refractivity contribution is 5.12. The van der Waals surface area contributed by atoms with Gasteiger partial charge >= 0.3 is 0 Å². The number of aromatic nitrogens is 2. The zero-order chi connectivity index (χ0) is 15.3. The number of likely N-dealkylation sites (N-methyl/N-ethyl adjacent to an activating group) is 1. The number of hydrogen-bond donors (Lipinski definition) is 2. The number of rotatable bonds is 8. The Morgan fingerprint density at radius 2 is 2.00 bits per heavy atom. The largest absolute Gasteiger partial charge is 0.297 e. The van der Waals surface area contributed by atoms with Crippen LogP contribution in [-0.2, 0) is 13.0 Å². The fraction of sp³-hybridized carbons (Fsp3) is 0.812. The minimum atomic E-state index is 0.201. The van der Waals surface area contributed by atoms with Gasteiger partial charge in [0.15, 0.2) is 0 Å². The Hall–Kier alpha value is -0.910. The molecule has 1 atom stereocenters. The van der Waals surface area contributed by atoms with Gasteiger partial charge in [-0.25, -0.2) is 0 Å². The van der Waals surface area contributed by atoms with Crippen LogP contribution in [0.3, 0.4) is 0 Å². The summed E-state index contributed by atoms with van der Waals surface area (Å²) in [5.74, 6) is 5.97. The lowest BCUT2D eigenvalue weighted by atomic mass is 9.83. The van der Waals surface area contributed by atoms with Crippen molar-refractivity contribution in [3.8, 4) is 0 Å². The fourth-order valence-corrected chi connectivity index (χ4v) is 4.05. The molecule has 120 valence electrons. The molecule has 0 saturated heterocycles. The molecule has 0 amide bonds. The highest BCUT2D eigenvalue weighted by atomic mass is 15.3. The molecule has 3 N–H and O–H groups in total. The van der Waals surface area contributed by atoms with Crippen molar-refractivity contribution in [1.82, 2.24) is 20.1 Å². The van der Waals surface area contributed by atoms with Crippen molar-refractivity contribution in [2.24, 2.45) is 5.84 Å². The van der Waals surface area contributed by atoms with E-state index in [4.69, 9.17) is 5.84 Å². The summed E-state index contributed by atoms with van der Waals surface area (Å²) in [6.45, 7) is 9.72. The van der Waals surface area contributed by atoms with E-state index in [2.05, 4.69) is 42.4 Å². The number of hydrazine groups is 1. The van der Waals surface area contributed by atoms with Crippen molar-refractivity contribution in [3.63, 3.8) is 0 Å². The fourth-order valence-electron chi connectivity index (χ4n) is 4.05. The maximum atomic E-state index is 5.97. The van der Waals surface area contributed by atoms with E-state index in [9.17, 15) is 0 Å². The van der Waals surface area contributed by atoms with Gasteiger partial charge in [-0.15, -0.1) is 0 Å². The molecule has 1 aliphatic rings. The summed E-state index contributed by atoms with van der Waals surface area (Å²) in [6.07, 6.45) is 10.2. The predicted octanol–water partition coefficient (Wildman–Crippen LogP) is 1.93. The lowest BCUT2D eigenvalue weighted by molar-refractivity contribution is 0.0629. The Labute approximate surface area is 128 Å². The van der Waals surface area contributed by atoms with E-state index in [0.717, 1.165) is 26.1 Å². The van der Waals surface area contributed by atoms with Crippen LogP contribution in [0.25, 0.3) is 0 Å². The van der Waals surface area contributed by atoms with E-state index in [-0.39, 0.29) is 11.6 Å². The van der Waals surface area contributed by atoms with Gasteiger partial charge in [-0.1, -0.05) is 26.7 Å². The normalized spacial score (nSPS) is 19.3. The van der Waals surface area contributed by atoms with Gasteiger partial charge in [0.2, 0.25) is 0 Å². The Bertz CT molecular complexity index is 418.